The van der Waals surface area contributed by atoms with E-state index in [-0.39, 0.29) is 11.9 Å². The average Bonchev–Trinajstić information content (AvgIpc) is 3.59. The van der Waals surface area contributed by atoms with E-state index < -0.39 is 0 Å². The van der Waals surface area contributed by atoms with E-state index in [0.717, 1.165) is 58.9 Å². The van der Waals surface area contributed by atoms with Crippen LogP contribution in [0.4, 0.5) is 5.00 Å². The van der Waals surface area contributed by atoms with E-state index >= 15 is 0 Å². The molecule has 8 nitrogen and oxygen atoms in total. The second kappa shape index (κ2) is 12.8. The summed E-state index contributed by atoms with van der Waals surface area (Å²) in [7, 11) is 0. The Labute approximate surface area is 268 Å². The van der Waals surface area contributed by atoms with Crippen molar-refractivity contribution in [3.8, 4) is 0 Å². The number of esters is 1. The van der Waals surface area contributed by atoms with Crippen molar-refractivity contribution in [1.82, 2.24) is 19.7 Å². The van der Waals surface area contributed by atoms with Crippen LogP contribution in [0.15, 0.2) is 84.0 Å². The minimum atomic E-state index is -0.366. The van der Waals surface area contributed by atoms with Crippen molar-refractivity contribution >= 4 is 62.0 Å². The lowest BCUT2D eigenvalue weighted by Gasteiger charge is -2.12. The minimum absolute atomic E-state index is 0.248. The summed E-state index contributed by atoms with van der Waals surface area (Å²) in [4.78, 5) is 32.1. The maximum Gasteiger partial charge on any atom is 0.341 e. The van der Waals surface area contributed by atoms with E-state index in [1.54, 1.807) is 6.92 Å². The van der Waals surface area contributed by atoms with Crippen LogP contribution in [0.25, 0.3) is 22.1 Å². The number of thiophene rings is 1. The highest BCUT2D eigenvalue weighted by Crippen LogP contribution is 2.39. The van der Waals surface area contributed by atoms with Crippen molar-refractivity contribution < 1.29 is 14.3 Å². The van der Waals surface area contributed by atoms with Gasteiger partial charge in [0.1, 0.15) is 10.5 Å². The number of carbonyl (C=O) groups is 2. The molecule has 7 rings (SSSR count). The maximum absolute atomic E-state index is 13.2. The molecule has 1 amide bonds. The van der Waals surface area contributed by atoms with Crippen LogP contribution in [-0.4, -0.2) is 38.2 Å². The summed E-state index contributed by atoms with van der Waals surface area (Å²) in [6, 6.07) is 26.0. The summed E-state index contributed by atoms with van der Waals surface area (Å²) < 4.78 is 7.53. The highest BCUT2D eigenvalue weighted by Gasteiger charge is 2.27. The molecule has 0 spiro atoms. The molecule has 0 saturated heterocycles. The van der Waals surface area contributed by atoms with Gasteiger partial charge in [-0.3, -0.25) is 4.79 Å². The van der Waals surface area contributed by atoms with Crippen molar-refractivity contribution in [3.05, 3.63) is 112 Å². The van der Waals surface area contributed by atoms with E-state index in [2.05, 4.69) is 44.3 Å². The van der Waals surface area contributed by atoms with Crippen LogP contribution < -0.4 is 5.32 Å². The summed E-state index contributed by atoms with van der Waals surface area (Å²) in [6.45, 7) is 2.77. The molecule has 6 aromatic rings. The van der Waals surface area contributed by atoms with E-state index in [9.17, 15) is 9.59 Å². The van der Waals surface area contributed by atoms with Gasteiger partial charge in [-0.1, -0.05) is 72.4 Å². The molecule has 1 aliphatic rings. The molecule has 3 aromatic heterocycles. The molecule has 1 N–H and O–H groups in total. The van der Waals surface area contributed by atoms with E-state index in [1.807, 2.05) is 54.6 Å². The number of aryl methyl sites for hydroxylation is 1. The molecular weight excluding hydrogens is 603 g/mol. The van der Waals surface area contributed by atoms with Crippen LogP contribution in [0.3, 0.4) is 0 Å². The third kappa shape index (κ3) is 5.95. The zero-order chi connectivity index (χ0) is 30.8. The Morgan fingerprint density at radius 3 is 2.53 bits per heavy atom. The van der Waals surface area contributed by atoms with Crippen molar-refractivity contribution in [3.63, 3.8) is 0 Å². The lowest BCUT2D eigenvalue weighted by Crippen LogP contribution is -2.15. The van der Waals surface area contributed by atoms with Crippen LogP contribution in [0.5, 0.6) is 0 Å². The molecule has 1 aliphatic carbocycles. The molecule has 226 valence electrons. The molecule has 0 unspecified atom stereocenters. The number of rotatable bonds is 9. The van der Waals surface area contributed by atoms with E-state index in [0.29, 0.717) is 40.2 Å². The second-order valence-electron chi connectivity index (χ2n) is 10.9. The number of hydrogen-bond donors (Lipinski definition) is 1. The van der Waals surface area contributed by atoms with Crippen molar-refractivity contribution in [2.24, 2.45) is 0 Å². The predicted molar refractivity (Wildman–Crippen MR) is 179 cm³/mol. The van der Waals surface area contributed by atoms with Gasteiger partial charge in [-0.2, -0.15) is 0 Å². The molecule has 3 heterocycles. The van der Waals surface area contributed by atoms with Gasteiger partial charge in [-0.25, -0.2) is 9.78 Å². The topological polar surface area (TPSA) is 99.0 Å². The number of nitrogens with one attached hydrogen (secondary N) is 1. The fraction of sp³-hybridized carbons (Fsp3) is 0.229. The number of thioether (sulfide) groups is 1. The van der Waals surface area contributed by atoms with Gasteiger partial charge < -0.3 is 14.6 Å². The van der Waals surface area contributed by atoms with Crippen molar-refractivity contribution in [2.75, 3.05) is 11.9 Å². The Hall–Kier alpha value is -4.54. The van der Waals surface area contributed by atoms with Gasteiger partial charge in [0.05, 0.1) is 17.7 Å². The number of ether oxygens (including phenoxy) is 1. The van der Waals surface area contributed by atoms with Crippen LogP contribution in [-0.2, 0) is 29.9 Å². The summed E-state index contributed by atoms with van der Waals surface area (Å²) in [5.74, 6) is 0.0102. The van der Waals surface area contributed by atoms with Crippen LogP contribution >= 0.6 is 23.1 Å². The second-order valence-corrected chi connectivity index (χ2v) is 13.0. The highest BCUT2D eigenvalue weighted by atomic mass is 32.2. The monoisotopic (exact) mass is 633 g/mol. The Bertz CT molecular complexity index is 2020. The largest absolute Gasteiger partial charge is 0.462 e. The molecule has 0 atom stereocenters. The molecule has 0 fully saturated rings. The number of nitrogens with zero attached hydrogens (tertiary/aromatic N) is 4. The van der Waals surface area contributed by atoms with Crippen LogP contribution in [0.1, 0.15) is 62.0 Å². The molecule has 3 aromatic carbocycles. The van der Waals surface area contributed by atoms with Crippen LogP contribution in [0, 0.1) is 0 Å². The quantitative estimate of drug-likeness (QED) is 0.129. The van der Waals surface area contributed by atoms with Gasteiger partial charge >= 0.3 is 5.97 Å². The maximum atomic E-state index is 13.2. The zero-order valence-electron chi connectivity index (χ0n) is 24.8. The SMILES string of the molecule is CCOC(=O)c1c(NC(=O)c2ccc(CSc3nnc4c5ccccc5n(Cc5ccccc5)c4n3)cc2)sc2c1CCCC2. The Kier molecular flexibility index (Phi) is 8.32. The zero-order valence-corrected chi connectivity index (χ0v) is 26.4. The Morgan fingerprint density at radius 1 is 0.933 bits per heavy atom. The smallest absolute Gasteiger partial charge is 0.341 e. The molecule has 0 bridgehead atoms. The number of amides is 1. The van der Waals surface area contributed by atoms with Crippen molar-refractivity contribution in [1.29, 1.82) is 0 Å². The normalized spacial score (nSPS) is 12.7. The summed E-state index contributed by atoms with van der Waals surface area (Å²) in [5.41, 5.74) is 6.97. The summed E-state index contributed by atoms with van der Waals surface area (Å²) in [5, 5.41) is 14.2. The molecule has 45 heavy (non-hydrogen) atoms. The van der Waals surface area contributed by atoms with Gasteiger partial charge in [0.15, 0.2) is 5.65 Å². The summed E-state index contributed by atoms with van der Waals surface area (Å²) >= 11 is 3.00. The minimum Gasteiger partial charge on any atom is -0.462 e. The lowest BCUT2D eigenvalue weighted by molar-refractivity contribution is 0.0526. The summed E-state index contributed by atoms with van der Waals surface area (Å²) in [6.07, 6.45) is 3.89. The third-order valence-corrected chi connectivity index (χ3v) is 10.1. The first-order valence-corrected chi connectivity index (χ1v) is 16.9. The Balaban J connectivity index is 1.07. The van der Waals surface area contributed by atoms with Crippen molar-refractivity contribution in [2.45, 2.75) is 50.1 Å². The lowest BCUT2D eigenvalue weighted by atomic mass is 9.95. The van der Waals surface area contributed by atoms with Crippen LogP contribution in [0.2, 0.25) is 0 Å². The fourth-order valence-electron chi connectivity index (χ4n) is 5.83. The van der Waals surface area contributed by atoms with Gasteiger partial charge in [0, 0.05) is 28.1 Å². The molecule has 10 heteroatoms. The number of benzene rings is 3. The average molecular weight is 634 g/mol. The first kappa shape index (κ1) is 29.2. The number of fused-ring (bicyclic) bond motifs is 4. The third-order valence-electron chi connectivity index (χ3n) is 8.00. The number of hydrogen-bond acceptors (Lipinski definition) is 8. The number of aromatic nitrogens is 4. The van der Waals surface area contributed by atoms with Gasteiger partial charge in [0.2, 0.25) is 5.16 Å². The fourth-order valence-corrected chi connectivity index (χ4v) is 7.84. The van der Waals surface area contributed by atoms with Gasteiger partial charge in [-0.05, 0) is 67.5 Å². The first-order valence-electron chi connectivity index (χ1n) is 15.1. The van der Waals surface area contributed by atoms with E-state index in [1.165, 1.54) is 33.5 Å². The van der Waals surface area contributed by atoms with Gasteiger partial charge in [-0.15, -0.1) is 21.5 Å². The van der Waals surface area contributed by atoms with Gasteiger partial charge in [0.25, 0.3) is 5.91 Å². The number of para-hydroxylation sites is 1. The molecular formula is C35H31N5O3S2. The predicted octanol–water partition coefficient (Wildman–Crippen LogP) is 7.69. The first-order chi connectivity index (χ1) is 22.1. The number of anilines is 1. The molecule has 0 aliphatic heterocycles. The highest BCUT2D eigenvalue weighted by molar-refractivity contribution is 7.98. The Morgan fingerprint density at radius 2 is 1.71 bits per heavy atom. The molecule has 0 saturated carbocycles. The standard InChI is InChI=1S/C35H31N5O3S2/c1-2-43-34(42)29-26-13-7-9-15-28(26)45-33(29)37-32(41)24-18-16-23(17-19-24)21-44-35-36-31-30(38-39-35)25-12-6-8-14-27(25)40(31)20-22-10-4-3-5-11-22/h3-6,8,10-12,14,16-19H,2,7,9,13,15,20-21H2,1H3,(H,37,41). The van der Waals surface area contributed by atoms with E-state index in [4.69, 9.17) is 9.72 Å². The molecule has 0 radical (unpaired) electrons. The number of carbonyl (C=O) groups excluding carboxylic acids is 2.